The summed E-state index contributed by atoms with van der Waals surface area (Å²) in [5.41, 5.74) is 2.09. The van der Waals surface area contributed by atoms with Gasteiger partial charge in [-0.1, -0.05) is 6.07 Å². The highest BCUT2D eigenvalue weighted by Gasteiger charge is 2.36. The van der Waals surface area contributed by atoms with Gasteiger partial charge in [-0.15, -0.1) is 0 Å². The van der Waals surface area contributed by atoms with E-state index < -0.39 is 10.0 Å². The van der Waals surface area contributed by atoms with E-state index in [4.69, 9.17) is 4.74 Å². The molecule has 1 atom stereocenters. The Morgan fingerprint density at radius 3 is 2.92 bits per heavy atom. The molecule has 2 aromatic heterocycles. The number of hydrogen-bond acceptors (Lipinski definition) is 6. The van der Waals surface area contributed by atoms with Crippen molar-refractivity contribution in [3.63, 3.8) is 0 Å². The Kier molecular flexibility index (Phi) is 4.68. The minimum atomic E-state index is -3.20. The summed E-state index contributed by atoms with van der Waals surface area (Å²) in [6, 6.07) is 5.84. The van der Waals surface area contributed by atoms with Crippen molar-refractivity contribution in [2.24, 2.45) is 0 Å². The molecule has 3 heterocycles. The summed E-state index contributed by atoms with van der Waals surface area (Å²) in [5.74, 6) is 0.623. The van der Waals surface area contributed by atoms with Gasteiger partial charge in [0.2, 0.25) is 15.9 Å². The van der Waals surface area contributed by atoms with E-state index in [2.05, 4.69) is 19.7 Å². The van der Waals surface area contributed by atoms with Gasteiger partial charge in [0.1, 0.15) is 0 Å². The molecule has 1 aliphatic heterocycles. The van der Waals surface area contributed by atoms with E-state index >= 15 is 0 Å². The molecular formula is C17H23N5O3S. The number of nitrogens with zero attached hydrogens (tertiary/aromatic N) is 4. The molecule has 0 radical (unpaired) electrons. The normalized spacial score (nSPS) is 20.7. The highest BCUT2D eigenvalue weighted by Crippen LogP contribution is 2.28. The van der Waals surface area contributed by atoms with Crippen LogP contribution in [0, 0.1) is 0 Å². The molecule has 0 saturated heterocycles. The Labute approximate surface area is 153 Å². The van der Waals surface area contributed by atoms with Crippen molar-refractivity contribution >= 4 is 10.0 Å². The van der Waals surface area contributed by atoms with Crippen LogP contribution in [0.25, 0.3) is 0 Å². The average molecular weight is 377 g/mol. The smallest absolute Gasteiger partial charge is 0.217 e. The fraction of sp³-hybridized carbons (Fsp3) is 0.529. The first-order valence-electron chi connectivity index (χ1n) is 8.78. The van der Waals surface area contributed by atoms with Gasteiger partial charge in [0, 0.05) is 44.1 Å². The van der Waals surface area contributed by atoms with Gasteiger partial charge in [0.05, 0.1) is 24.1 Å². The molecule has 9 heteroatoms. The van der Waals surface area contributed by atoms with Crippen LogP contribution in [0.3, 0.4) is 0 Å². The van der Waals surface area contributed by atoms with Crippen LogP contribution in [-0.4, -0.2) is 53.5 Å². The molecule has 4 rings (SSSR count). The van der Waals surface area contributed by atoms with Gasteiger partial charge >= 0.3 is 0 Å². The maximum atomic E-state index is 12.2. The minimum Gasteiger partial charge on any atom is -0.481 e. The van der Waals surface area contributed by atoms with Gasteiger partial charge in [-0.2, -0.15) is 5.10 Å². The summed E-state index contributed by atoms with van der Waals surface area (Å²) in [5, 5.41) is 4.18. The van der Waals surface area contributed by atoms with Crippen molar-refractivity contribution in [2.45, 2.75) is 37.2 Å². The van der Waals surface area contributed by atoms with Gasteiger partial charge in [0.25, 0.3) is 0 Å². The molecular weight excluding hydrogens is 354 g/mol. The van der Waals surface area contributed by atoms with Crippen molar-refractivity contribution in [3.05, 3.63) is 41.9 Å². The van der Waals surface area contributed by atoms with Crippen molar-refractivity contribution < 1.29 is 13.2 Å². The largest absolute Gasteiger partial charge is 0.481 e. The van der Waals surface area contributed by atoms with Crippen LogP contribution < -0.4 is 9.46 Å². The highest BCUT2D eigenvalue weighted by molar-refractivity contribution is 7.90. The Balaban J connectivity index is 1.49. The lowest BCUT2D eigenvalue weighted by Crippen LogP contribution is -2.43. The number of nitrogens with one attached hydrogen (secondary N) is 1. The van der Waals surface area contributed by atoms with Gasteiger partial charge in [0.15, 0.2) is 0 Å². The molecule has 0 spiro atoms. The Morgan fingerprint density at radius 1 is 1.31 bits per heavy atom. The molecule has 1 unspecified atom stereocenters. The second-order valence-electron chi connectivity index (χ2n) is 6.86. The third-order valence-corrected chi connectivity index (χ3v) is 6.79. The molecule has 1 N–H and O–H groups in total. The molecule has 1 fully saturated rings. The predicted molar refractivity (Wildman–Crippen MR) is 96.1 cm³/mol. The lowest BCUT2D eigenvalue weighted by atomic mass is 10.1. The van der Waals surface area contributed by atoms with Crippen LogP contribution in [0.4, 0.5) is 0 Å². The molecule has 8 nitrogen and oxygen atoms in total. The number of pyridine rings is 1. The zero-order valence-corrected chi connectivity index (χ0v) is 15.5. The molecule has 0 amide bonds. The van der Waals surface area contributed by atoms with E-state index in [1.54, 1.807) is 19.5 Å². The molecule has 0 aromatic carbocycles. The third-order valence-electron chi connectivity index (χ3n) is 4.87. The van der Waals surface area contributed by atoms with Gasteiger partial charge in [-0.05, 0) is 25.0 Å². The van der Waals surface area contributed by atoms with E-state index in [0.717, 1.165) is 30.6 Å². The van der Waals surface area contributed by atoms with Crippen LogP contribution in [0.1, 0.15) is 30.1 Å². The molecule has 1 aliphatic carbocycles. The average Bonchev–Trinajstić information content (AvgIpc) is 3.40. The van der Waals surface area contributed by atoms with Crippen LogP contribution >= 0.6 is 0 Å². The Bertz CT molecular complexity index is 878. The molecule has 26 heavy (non-hydrogen) atoms. The molecule has 0 bridgehead atoms. The number of sulfonamides is 1. The second-order valence-corrected chi connectivity index (χ2v) is 8.90. The van der Waals surface area contributed by atoms with Crippen LogP contribution in [0.2, 0.25) is 0 Å². The van der Waals surface area contributed by atoms with Crippen molar-refractivity contribution in [1.29, 1.82) is 0 Å². The van der Waals surface area contributed by atoms with Crippen molar-refractivity contribution in [2.75, 3.05) is 20.2 Å². The lowest BCUT2D eigenvalue weighted by molar-refractivity contribution is 0.166. The van der Waals surface area contributed by atoms with Gasteiger partial charge in [-0.3, -0.25) is 9.58 Å². The second kappa shape index (κ2) is 6.98. The predicted octanol–water partition coefficient (Wildman–Crippen LogP) is 0.925. The topological polar surface area (TPSA) is 89.3 Å². The standard InChI is InChI=1S/C17H23N5O3S/c1-25-17-13(3-2-7-18-17)10-21-11-14-6-8-19-22(14)15(12-21)9-20-26(23,24)16-4-5-16/h2-3,6-8,15-16,20H,4-5,9-12H2,1H3. The van der Waals surface area contributed by atoms with Crippen LogP contribution in [0.5, 0.6) is 5.88 Å². The fourth-order valence-corrected chi connectivity index (χ4v) is 4.83. The first kappa shape index (κ1) is 17.4. The number of rotatable bonds is 7. The lowest BCUT2D eigenvalue weighted by Gasteiger charge is -2.34. The molecule has 140 valence electrons. The zero-order chi connectivity index (χ0) is 18.1. The highest BCUT2D eigenvalue weighted by atomic mass is 32.2. The number of ether oxygens (including phenoxy) is 1. The Hall–Kier alpha value is -1.97. The number of hydrogen-bond donors (Lipinski definition) is 1. The quantitative estimate of drug-likeness (QED) is 0.772. The summed E-state index contributed by atoms with van der Waals surface area (Å²) in [4.78, 5) is 6.52. The fourth-order valence-electron chi connectivity index (χ4n) is 3.41. The summed E-state index contributed by atoms with van der Waals surface area (Å²) >= 11 is 0. The summed E-state index contributed by atoms with van der Waals surface area (Å²) < 4.78 is 34.4. The number of fused-ring (bicyclic) bond motifs is 1. The first-order chi connectivity index (χ1) is 12.6. The van der Waals surface area contributed by atoms with E-state index in [1.165, 1.54) is 0 Å². The SMILES string of the molecule is COc1ncccc1CN1Cc2ccnn2C(CNS(=O)(=O)C2CC2)C1. The minimum absolute atomic E-state index is 0.0371. The van der Waals surface area contributed by atoms with Crippen molar-refractivity contribution in [3.8, 4) is 5.88 Å². The maximum Gasteiger partial charge on any atom is 0.217 e. The first-order valence-corrected chi connectivity index (χ1v) is 10.3. The summed E-state index contributed by atoms with van der Waals surface area (Å²) in [6.45, 7) is 2.51. The third kappa shape index (κ3) is 3.60. The maximum absolute atomic E-state index is 12.2. The molecule has 2 aromatic rings. The van der Waals surface area contributed by atoms with E-state index in [-0.39, 0.29) is 11.3 Å². The van der Waals surface area contributed by atoms with Crippen LogP contribution in [-0.2, 0) is 23.1 Å². The van der Waals surface area contributed by atoms with Crippen molar-refractivity contribution in [1.82, 2.24) is 24.4 Å². The number of methoxy groups -OCH3 is 1. The van der Waals surface area contributed by atoms with E-state index in [9.17, 15) is 8.42 Å². The summed E-state index contributed by atoms with van der Waals surface area (Å²) in [6.07, 6.45) is 5.01. The van der Waals surface area contributed by atoms with Crippen LogP contribution in [0.15, 0.2) is 30.6 Å². The molecule has 2 aliphatic rings. The van der Waals surface area contributed by atoms with E-state index in [1.807, 2.05) is 22.9 Å². The monoisotopic (exact) mass is 377 g/mol. The molecule has 1 saturated carbocycles. The summed E-state index contributed by atoms with van der Waals surface area (Å²) in [7, 11) is -1.58. The number of aromatic nitrogens is 3. The zero-order valence-electron chi connectivity index (χ0n) is 14.7. The Morgan fingerprint density at radius 2 is 2.15 bits per heavy atom. The van der Waals surface area contributed by atoms with Gasteiger partial charge in [-0.25, -0.2) is 18.1 Å². The van der Waals surface area contributed by atoms with E-state index in [0.29, 0.717) is 25.5 Å². The van der Waals surface area contributed by atoms with Gasteiger partial charge < -0.3 is 4.74 Å².